The van der Waals surface area contributed by atoms with Crippen molar-refractivity contribution in [2.24, 2.45) is 4.99 Å². The third-order valence-electron chi connectivity index (χ3n) is 9.26. The van der Waals surface area contributed by atoms with E-state index in [0.717, 1.165) is 52.5 Å². The van der Waals surface area contributed by atoms with Crippen molar-refractivity contribution >= 4 is 45.5 Å². The molecular formula is C36H36N8O4S. The molecule has 5 heterocycles. The Labute approximate surface area is 286 Å². The number of hydrogen-bond acceptors (Lipinski definition) is 9. The summed E-state index contributed by atoms with van der Waals surface area (Å²) in [6.45, 7) is 6.68. The molecule has 0 spiro atoms. The molecule has 0 saturated carbocycles. The van der Waals surface area contributed by atoms with Gasteiger partial charge < -0.3 is 5.32 Å². The maximum absolute atomic E-state index is 13.3. The largest absolute Gasteiger partial charge is 0.356 e. The predicted octanol–water partition coefficient (Wildman–Crippen LogP) is 4.36. The fourth-order valence-electron chi connectivity index (χ4n) is 6.56. The lowest BCUT2D eigenvalue weighted by Crippen LogP contribution is -2.45. The van der Waals surface area contributed by atoms with Gasteiger partial charge in [-0.15, -0.1) is 21.5 Å². The van der Waals surface area contributed by atoms with E-state index in [9.17, 15) is 19.2 Å². The first-order chi connectivity index (χ1) is 23.7. The molecule has 13 heteroatoms. The molecular weight excluding hydrogens is 641 g/mol. The van der Waals surface area contributed by atoms with Gasteiger partial charge in [0.2, 0.25) is 11.8 Å². The number of nitrogens with zero attached hydrogens (tertiary/aromatic N) is 6. The average Bonchev–Trinajstić information content (AvgIpc) is 3.57. The van der Waals surface area contributed by atoms with Crippen LogP contribution in [-0.4, -0.2) is 54.5 Å². The number of piperidine rings is 1. The van der Waals surface area contributed by atoms with Crippen molar-refractivity contribution in [1.29, 1.82) is 0 Å². The highest BCUT2D eigenvalue weighted by Gasteiger charge is 2.33. The van der Waals surface area contributed by atoms with Crippen molar-refractivity contribution in [3.05, 3.63) is 104 Å². The number of rotatable bonds is 9. The number of benzene rings is 2. The molecule has 2 N–H and O–H groups in total. The number of unbranched alkanes of at least 4 members (excludes halogenated alkanes) is 1. The number of aliphatic imine (C=N–C) groups is 1. The first-order valence-corrected chi connectivity index (χ1v) is 17.3. The van der Waals surface area contributed by atoms with Gasteiger partial charge in [-0.3, -0.25) is 34.1 Å². The van der Waals surface area contributed by atoms with Crippen LogP contribution in [0.5, 0.6) is 0 Å². The number of carbonyl (C=O) groups excluding carboxylic acids is 3. The number of aryl methyl sites for hydroxylation is 3. The van der Waals surface area contributed by atoms with Crippen LogP contribution in [0.25, 0.3) is 15.8 Å². The summed E-state index contributed by atoms with van der Waals surface area (Å²) in [6.07, 6.45) is 4.52. The summed E-state index contributed by atoms with van der Waals surface area (Å²) in [7, 11) is 0. The fraction of sp³-hybridized carbons (Fsp3) is 0.333. The van der Waals surface area contributed by atoms with Crippen LogP contribution in [-0.2, 0) is 20.8 Å². The summed E-state index contributed by atoms with van der Waals surface area (Å²) >= 11 is 1.69. The second kappa shape index (κ2) is 13.3. The van der Waals surface area contributed by atoms with Crippen molar-refractivity contribution in [1.82, 2.24) is 35.2 Å². The van der Waals surface area contributed by atoms with E-state index in [1.165, 1.54) is 15.1 Å². The van der Waals surface area contributed by atoms with Crippen LogP contribution in [0.2, 0.25) is 0 Å². The van der Waals surface area contributed by atoms with Crippen LogP contribution in [0.1, 0.15) is 83.0 Å². The summed E-state index contributed by atoms with van der Waals surface area (Å²) in [5.41, 5.74) is 4.78. The van der Waals surface area contributed by atoms with Gasteiger partial charge in [-0.1, -0.05) is 36.4 Å². The Balaban J connectivity index is 0.994. The number of amides is 3. The maximum Gasteiger partial charge on any atom is 0.275 e. The van der Waals surface area contributed by atoms with E-state index in [2.05, 4.69) is 56.5 Å². The first-order valence-electron chi connectivity index (χ1n) is 16.5. The molecule has 2 aliphatic rings. The number of nitrogens with one attached hydrogen (secondary N) is 2. The van der Waals surface area contributed by atoms with Crippen LogP contribution in [0.3, 0.4) is 0 Å². The Bertz CT molecular complexity index is 2200. The third-order valence-corrected chi connectivity index (χ3v) is 10.5. The quantitative estimate of drug-likeness (QED) is 0.174. The SMILES string of the molecule is Cc1sc2c(c1C)C(c1ccccc1)=N[C@@H](CC(=O)NCCCCc1ccc3c(=O)n(C4CCC(=O)NC4=O)ncc3c1)c1nnc(C)n1-2. The van der Waals surface area contributed by atoms with Gasteiger partial charge >= 0.3 is 0 Å². The minimum Gasteiger partial charge on any atom is -0.356 e. The molecule has 12 nitrogen and oxygen atoms in total. The van der Waals surface area contributed by atoms with Crippen LogP contribution in [0.4, 0.5) is 0 Å². The lowest BCUT2D eigenvalue weighted by atomic mass is 9.99. The molecule has 0 radical (unpaired) electrons. The molecule has 2 aliphatic heterocycles. The van der Waals surface area contributed by atoms with E-state index in [4.69, 9.17) is 4.99 Å². The molecule has 1 unspecified atom stereocenters. The van der Waals surface area contributed by atoms with E-state index in [0.29, 0.717) is 23.1 Å². The molecule has 5 aromatic rings. The molecule has 3 amide bonds. The number of fused-ring (bicyclic) bond motifs is 4. The third kappa shape index (κ3) is 6.21. The molecule has 0 bridgehead atoms. The topological polar surface area (TPSA) is 153 Å². The van der Waals surface area contributed by atoms with Crippen molar-refractivity contribution in [3.8, 4) is 5.00 Å². The first kappa shape index (κ1) is 32.3. The van der Waals surface area contributed by atoms with Gasteiger partial charge in [0.25, 0.3) is 11.5 Å². The van der Waals surface area contributed by atoms with E-state index in [1.54, 1.807) is 23.6 Å². The molecule has 7 rings (SSSR count). The smallest absolute Gasteiger partial charge is 0.275 e. The van der Waals surface area contributed by atoms with Crippen LogP contribution in [0.15, 0.2) is 64.5 Å². The Morgan fingerprint density at radius 3 is 2.65 bits per heavy atom. The normalized spacial score (nSPS) is 17.2. The molecule has 3 aromatic heterocycles. The van der Waals surface area contributed by atoms with Gasteiger partial charge in [-0.25, -0.2) is 4.68 Å². The number of hydrogen-bond donors (Lipinski definition) is 2. The molecule has 2 aromatic carbocycles. The monoisotopic (exact) mass is 676 g/mol. The lowest BCUT2D eigenvalue weighted by molar-refractivity contribution is -0.136. The number of carbonyl (C=O) groups is 3. The predicted molar refractivity (Wildman–Crippen MR) is 186 cm³/mol. The van der Waals surface area contributed by atoms with E-state index < -0.39 is 18.0 Å². The van der Waals surface area contributed by atoms with Crippen LogP contribution in [0, 0.1) is 20.8 Å². The van der Waals surface area contributed by atoms with Gasteiger partial charge in [-0.05, 0) is 69.7 Å². The highest BCUT2D eigenvalue weighted by molar-refractivity contribution is 7.15. The molecule has 1 fully saturated rings. The Morgan fingerprint density at radius 1 is 1.04 bits per heavy atom. The van der Waals surface area contributed by atoms with Crippen molar-refractivity contribution < 1.29 is 14.4 Å². The van der Waals surface area contributed by atoms with E-state index in [-0.39, 0.29) is 36.6 Å². The highest BCUT2D eigenvalue weighted by atomic mass is 32.1. The van der Waals surface area contributed by atoms with Crippen molar-refractivity contribution in [2.75, 3.05) is 6.54 Å². The Morgan fingerprint density at radius 2 is 1.86 bits per heavy atom. The summed E-state index contributed by atoms with van der Waals surface area (Å²) in [4.78, 5) is 56.6. The van der Waals surface area contributed by atoms with Gasteiger partial charge in [0, 0.05) is 34.4 Å². The zero-order valence-electron chi connectivity index (χ0n) is 27.5. The van der Waals surface area contributed by atoms with Gasteiger partial charge in [0.15, 0.2) is 5.82 Å². The summed E-state index contributed by atoms with van der Waals surface area (Å²) in [6, 6.07) is 14.4. The van der Waals surface area contributed by atoms with Gasteiger partial charge in [-0.2, -0.15) is 5.10 Å². The summed E-state index contributed by atoms with van der Waals surface area (Å²) < 4.78 is 3.22. The number of thiophene rings is 1. The molecule has 250 valence electrons. The number of imide groups is 1. The fourth-order valence-corrected chi connectivity index (χ4v) is 7.77. The highest BCUT2D eigenvalue weighted by Crippen LogP contribution is 2.39. The second-order valence-corrected chi connectivity index (χ2v) is 13.8. The van der Waals surface area contributed by atoms with Crippen LogP contribution >= 0.6 is 11.3 Å². The average molecular weight is 677 g/mol. The van der Waals surface area contributed by atoms with Crippen molar-refractivity contribution in [3.63, 3.8) is 0 Å². The van der Waals surface area contributed by atoms with E-state index >= 15 is 0 Å². The van der Waals surface area contributed by atoms with Gasteiger partial charge in [0.1, 0.15) is 22.9 Å². The van der Waals surface area contributed by atoms with E-state index in [1.807, 2.05) is 37.3 Å². The standard InChI is InChI=1S/C36H36N8O4S/c1-20-21(2)49-36-31(20)32(24-10-5-4-6-11-24)39-27(33-42-41-22(3)43(33)36)18-30(46)37-16-8-7-9-23-12-13-26-25(17-23)19-38-44(35(26)48)28-14-15-29(45)40-34(28)47/h4-6,10-13,17,19,27-28H,7-9,14-16,18H2,1-3H3,(H,37,46)(H,40,45,47)/t27-,28?/m0/s1. The molecule has 0 aliphatic carbocycles. The zero-order chi connectivity index (χ0) is 34.2. The Kier molecular flexibility index (Phi) is 8.76. The molecule has 2 atom stereocenters. The van der Waals surface area contributed by atoms with Gasteiger partial charge in [0.05, 0.1) is 23.7 Å². The molecule has 1 saturated heterocycles. The van der Waals surface area contributed by atoms with Crippen molar-refractivity contribution in [2.45, 2.75) is 71.4 Å². The van der Waals surface area contributed by atoms with Crippen LogP contribution < -0.4 is 16.2 Å². The summed E-state index contributed by atoms with van der Waals surface area (Å²) in [5.74, 6) is 0.477. The summed E-state index contributed by atoms with van der Waals surface area (Å²) in [5, 5.41) is 20.7. The minimum atomic E-state index is -0.797. The maximum atomic E-state index is 13.3. The molecule has 49 heavy (non-hydrogen) atoms. The number of aromatic nitrogens is 5. The Hall–Kier alpha value is -5.30. The minimum absolute atomic E-state index is 0.101. The second-order valence-electron chi connectivity index (χ2n) is 12.6. The zero-order valence-corrected chi connectivity index (χ0v) is 28.3. The lowest BCUT2D eigenvalue weighted by Gasteiger charge is -2.21.